The van der Waals surface area contributed by atoms with Gasteiger partial charge in [-0.3, -0.25) is 4.79 Å². The van der Waals surface area contributed by atoms with Crippen LogP contribution < -0.4 is 10.9 Å². The molecular formula is C24H20N2O4. The van der Waals surface area contributed by atoms with E-state index in [-0.39, 0.29) is 5.56 Å². The summed E-state index contributed by atoms with van der Waals surface area (Å²) >= 11 is 0. The monoisotopic (exact) mass is 400 g/mol. The molecule has 2 aromatic heterocycles. The lowest BCUT2D eigenvalue weighted by atomic mass is 9.72. The number of hydrogen-bond donors (Lipinski definition) is 3. The van der Waals surface area contributed by atoms with Crippen molar-refractivity contribution in [1.29, 1.82) is 0 Å². The molecule has 1 saturated carbocycles. The largest absolute Gasteiger partial charge is 0.465 e. The van der Waals surface area contributed by atoms with Crippen LogP contribution in [0.15, 0.2) is 76.1 Å². The molecule has 0 aliphatic heterocycles. The summed E-state index contributed by atoms with van der Waals surface area (Å²) in [7, 11) is 0. The predicted molar refractivity (Wildman–Crippen MR) is 114 cm³/mol. The van der Waals surface area contributed by atoms with Crippen molar-refractivity contribution in [3.63, 3.8) is 0 Å². The minimum Gasteiger partial charge on any atom is -0.465 e. The van der Waals surface area contributed by atoms with E-state index >= 15 is 0 Å². The zero-order valence-electron chi connectivity index (χ0n) is 16.1. The standard InChI is InChI=1S/C24H20N2O4/c27-22-20-18(11-14-25-22)30-21(19(20)15-5-2-1-3-6-15)16-7-9-17(10-8-16)24(12-4-13-24)26-23(28)29/h1-3,5-11,14,26H,4,12-13H2,(H,25,27)(H,28,29). The van der Waals surface area contributed by atoms with Crippen molar-refractivity contribution in [3.05, 3.63) is 82.8 Å². The van der Waals surface area contributed by atoms with E-state index in [2.05, 4.69) is 10.3 Å². The van der Waals surface area contributed by atoms with Gasteiger partial charge in [0, 0.05) is 17.3 Å². The Hall–Kier alpha value is -3.80. The SMILES string of the molecule is O=C(O)NC1(c2ccc(-c3oc4cc[nH]c(=O)c4c3-c3ccccc3)cc2)CCC1. The fourth-order valence-electron chi connectivity index (χ4n) is 4.30. The number of pyridine rings is 1. The van der Waals surface area contributed by atoms with E-state index in [9.17, 15) is 14.7 Å². The second-order valence-electron chi connectivity index (χ2n) is 7.66. The Kier molecular flexibility index (Phi) is 4.20. The maximum Gasteiger partial charge on any atom is 0.405 e. The lowest BCUT2D eigenvalue weighted by molar-refractivity contribution is 0.144. The number of carboxylic acid groups (broad SMARTS) is 1. The van der Waals surface area contributed by atoms with E-state index in [1.54, 1.807) is 12.3 Å². The molecule has 1 fully saturated rings. The lowest BCUT2D eigenvalue weighted by Crippen LogP contribution is -2.50. The van der Waals surface area contributed by atoms with Crippen molar-refractivity contribution in [2.45, 2.75) is 24.8 Å². The van der Waals surface area contributed by atoms with Crippen LogP contribution in [0.1, 0.15) is 24.8 Å². The summed E-state index contributed by atoms with van der Waals surface area (Å²) in [5.41, 5.74) is 3.24. The first kappa shape index (κ1) is 18.2. The minimum absolute atomic E-state index is 0.197. The third-order valence-electron chi connectivity index (χ3n) is 5.93. The van der Waals surface area contributed by atoms with Crippen LogP contribution in [-0.2, 0) is 5.54 Å². The highest BCUT2D eigenvalue weighted by Crippen LogP contribution is 2.43. The van der Waals surface area contributed by atoms with Crippen molar-refractivity contribution in [2.75, 3.05) is 0 Å². The second kappa shape index (κ2) is 6.91. The molecule has 2 aromatic carbocycles. The number of aromatic amines is 1. The molecule has 0 saturated heterocycles. The van der Waals surface area contributed by atoms with Crippen LogP contribution in [-0.4, -0.2) is 16.2 Å². The first-order valence-corrected chi connectivity index (χ1v) is 9.89. The number of aromatic nitrogens is 1. The van der Waals surface area contributed by atoms with Crippen molar-refractivity contribution in [3.8, 4) is 22.5 Å². The average molecular weight is 400 g/mol. The molecule has 0 bridgehead atoms. The van der Waals surface area contributed by atoms with Crippen molar-refractivity contribution >= 4 is 17.1 Å². The van der Waals surface area contributed by atoms with Crippen LogP contribution in [0.3, 0.4) is 0 Å². The Morgan fingerprint density at radius 2 is 1.73 bits per heavy atom. The molecule has 1 aliphatic carbocycles. The summed E-state index contributed by atoms with van der Waals surface area (Å²) in [6.45, 7) is 0. The molecule has 5 rings (SSSR count). The van der Waals surface area contributed by atoms with Crippen LogP contribution >= 0.6 is 0 Å². The van der Waals surface area contributed by atoms with E-state index in [0.29, 0.717) is 16.7 Å². The smallest absolute Gasteiger partial charge is 0.405 e. The molecule has 3 N–H and O–H groups in total. The third-order valence-corrected chi connectivity index (χ3v) is 5.93. The number of fused-ring (bicyclic) bond motifs is 1. The Morgan fingerprint density at radius 3 is 2.37 bits per heavy atom. The van der Waals surface area contributed by atoms with Gasteiger partial charge in [0.2, 0.25) is 0 Å². The Morgan fingerprint density at radius 1 is 1.00 bits per heavy atom. The summed E-state index contributed by atoms with van der Waals surface area (Å²) in [6.07, 6.45) is 3.13. The van der Waals surface area contributed by atoms with Crippen LogP contribution in [0.4, 0.5) is 4.79 Å². The molecule has 0 atom stereocenters. The van der Waals surface area contributed by atoms with Gasteiger partial charge in [-0.1, -0.05) is 54.6 Å². The van der Waals surface area contributed by atoms with Gasteiger partial charge in [0.05, 0.1) is 10.9 Å². The molecule has 4 aromatic rings. The summed E-state index contributed by atoms with van der Waals surface area (Å²) in [5, 5.41) is 12.4. The highest BCUT2D eigenvalue weighted by Gasteiger charge is 2.40. The fraction of sp³-hybridized carbons (Fsp3) is 0.167. The van der Waals surface area contributed by atoms with Gasteiger partial charge < -0.3 is 19.8 Å². The first-order chi connectivity index (χ1) is 14.6. The highest BCUT2D eigenvalue weighted by molar-refractivity contribution is 6.01. The minimum atomic E-state index is -1.01. The van der Waals surface area contributed by atoms with Gasteiger partial charge in [-0.15, -0.1) is 0 Å². The van der Waals surface area contributed by atoms with Crippen LogP contribution in [0.25, 0.3) is 33.4 Å². The van der Waals surface area contributed by atoms with Gasteiger partial charge in [-0.2, -0.15) is 0 Å². The van der Waals surface area contributed by atoms with Gasteiger partial charge in [0.25, 0.3) is 5.56 Å². The lowest BCUT2D eigenvalue weighted by Gasteiger charge is -2.42. The maximum atomic E-state index is 12.6. The summed E-state index contributed by atoms with van der Waals surface area (Å²) in [6, 6.07) is 19.2. The Bertz CT molecular complexity index is 1280. The van der Waals surface area contributed by atoms with Gasteiger partial charge in [-0.25, -0.2) is 4.79 Å². The number of H-pyrrole nitrogens is 1. The van der Waals surface area contributed by atoms with Crippen molar-refractivity contribution < 1.29 is 14.3 Å². The molecule has 0 spiro atoms. The molecule has 30 heavy (non-hydrogen) atoms. The van der Waals surface area contributed by atoms with E-state index in [1.165, 1.54) is 0 Å². The highest BCUT2D eigenvalue weighted by atomic mass is 16.4. The third kappa shape index (κ3) is 2.88. The van der Waals surface area contributed by atoms with E-state index in [1.807, 2.05) is 54.6 Å². The van der Waals surface area contributed by atoms with E-state index < -0.39 is 11.6 Å². The van der Waals surface area contributed by atoms with Gasteiger partial charge in [0.15, 0.2) is 0 Å². The topological polar surface area (TPSA) is 95.3 Å². The first-order valence-electron chi connectivity index (χ1n) is 9.89. The summed E-state index contributed by atoms with van der Waals surface area (Å²) < 4.78 is 6.12. The maximum absolute atomic E-state index is 12.6. The van der Waals surface area contributed by atoms with Crippen LogP contribution in [0.5, 0.6) is 0 Å². The van der Waals surface area contributed by atoms with Gasteiger partial charge in [-0.05, 0) is 36.5 Å². The number of nitrogens with one attached hydrogen (secondary N) is 2. The Balaban J connectivity index is 1.65. The van der Waals surface area contributed by atoms with Crippen LogP contribution in [0, 0.1) is 0 Å². The molecule has 1 aliphatic rings. The number of benzene rings is 2. The van der Waals surface area contributed by atoms with Gasteiger partial charge in [0.1, 0.15) is 11.3 Å². The number of hydrogen-bond acceptors (Lipinski definition) is 3. The summed E-state index contributed by atoms with van der Waals surface area (Å²) in [4.78, 5) is 26.5. The van der Waals surface area contributed by atoms with Crippen molar-refractivity contribution in [2.24, 2.45) is 0 Å². The molecule has 6 nitrogen and oxygen atoms in total. The van der Waals surface area contributed by atoms with E-state index in [0.717, 1.165) is 41.5 Å². The summed E-state index contributed by atoms with van der Waals surface area (Å²) in [5.74, 6) is 0.619. The number of furan rings is 1. The van der Waals surface area contributed by atoms with Crippen molar-refractivity contribution in [1.82, 2.24) is 10.3 Å². The molecule has 0 unspecified atom stereocenters. The zero-order valence-corrected chi connectivity index (χ0v) is 16.1. The molecule has 6 heteroatoms. The molecule has 0 radical (unpaired) electrons. The van der Waals surface area contributed by atoms with Gasteiger partial charge >= 0.3 is 6.09 Å². The van der Waals surface area contributed by atoms with Crippen LogP contribution in [0.2, 0.25) is 0 Å². The molecule has 2 heterocycles. The normalized spacial score (nSPS) is 14.9. The predicted octanol–water partition coefficient (Wildman–Crippen LogP) is 5.10. The fourth-order valence-corrected chi connectivity index (χ4v) is 4.30. The second-order valence-corrected chi connectivity index (χ2v) is 7.66. The molecule has 150 valence electrons. The quantitative estimate of drug-likeness (QED) is 0.444. The average Bonchev–Trinajstić information content (AvgIpc) is 3.12. The number of carbonyl (C=O) groups is 1. The molecular weight excluding hydrogens is 380 g/mol. The van der Waals surface area contributed by atoms with E-state index in [4.69, 9.17) is 4.42 Å². The number of rotatable bonds is 4. The molecule has 1 amide bonds. The number of amides is 1. The zero-order chi connectivity index (χ0) is 20.7. The Labute approximate surface area is 172 Å².